The molecule has 2 N–H and O–H groups in total. The van der Waals surface area contributed by atoms with E-state index in [-0.39, 0.29) is 12.1 Å². The van der Waals surface area contributed by atoms with Crippen LogP contribution in [0, 0.1) is 6.92 Å². The minimum Gasteiger partial charge on any atom is -0.395 e. The van der Waals surface area contributed by atoms with E-state index in [4.69, 9.17) is 4.74 Å². The molecule has 0 aromatic heterocycles. The lowest BCUT2D eigenvalue weighted by atomic mass is 10.0. The van der Waals surface area contributed by atoms with Gasteiger partial charge in [-0.25, -0.2) is 0 Å². The van der Waals surface area contributed by atoms with Crippen LogP contribution in [0.1, 0.15) is 31.9 Å². The summed E-state index contributed by atoms with van der Waals surface area (Å²) in [5.74, 6) is 0. The van der Waals surface area contributed by atoms with Crippen LogP contribution in [0.5, 0.6) is 0 Å². The van der Waals surface area contributed by atoms with E-state index in [1.165, 1.54) is 11.1 Å². The van der Waals surface area contributed by atoms with Crippen LogP contribution in [0.25, 0.3) is 0 Å². The molecule has 21 heavy (non-hydrogen) atoms. The molecule has 120 valence electrons. The minimum absolute atomic E-state index is 0.118. The van der Waals surface area contributed by atoms with E-state index >= 15 is 0 Å². The number of hydrogen-bond acceptors (Lipinski definition) is 4. The summed E-state index contributed by atoms with van der Waals surface area (Å²) in [7, 11) is 1.70. The summed E-state index contributed by atoms with van der Waals surface area (Å²) in [5.41, 5.74) is 3.83. The molecule has 4 nitrogen and oxygen atoms in total. The van der Waals surface area contributed by atoms with Gasteiger partial charge in [0.1, 0.15) is 0 Å². The average molecular weight is 294 g/mol. The molecule has 1 rings (SSSR count). The van der Waals surface area contributed by atoms with Gasteiger partial charge in [0.05, 0.1) is 13.2 Å². The van der Waals surface area contributed by atoms with Crippen molar-refractivity contribution in [2.45, 2.75) is 39.8 Å². The van der Waals surface area contributed by atoms with E-state index in [1.54, 1.807) is 7.11 Å². The normalized spacial score (nSPS) is 11.7. The molecule has 0 bridgehead atoms. The summed E-state index contributed by atoms with van der Waals surface area (Å²) in [4.78, 5) is 2.15. The molecule has 0 radical (unpaired) electrons. The van der Waals surface area contributed by atoms with Gasteiger partial charge in [0.25, 0.3) is 0 Å². The van der Waals surface area contributed by atoms with Crippen molar-refractivity contribution in [2.24, 2.45) is 0 Å². The Morgan fingerprint density at radius 3 is 2.48 bits per heavy atom. The molecule has 0 atom stereocenters. The first-order valence-electron chi connectivity index (χ1n) is 7.56. The van der Waals surface area contributed by atoms with Gasteiger partial charge < -0.3 is 20.1 Å². The lowest BCUT2D eigenvalue weighted by Crippen LogP contribution is -2.35. The van der Waals surface area contributed by atoms with Crippen molar-refractivity contribution < 1.29 is 9.84 Å². The van der Waals surface area contributed by atoms with Gasteiger partial charge in [-0.3, -0.25) is 0 Å². The highest BCUT2D eigenvalue weighted by Crippen LogP contribution is 2.19. The third-order valence-corrected chi connectivity index (χ3v) is 3.44. The maximum Gasteiger partial charge on any atom is 0.0637 e. The Kier molecular flexibility index (Phi) is 7.15. The monoisotopic (exact) mass is 294 g/mol. The van der Waals surface area contributed by atoms with Gasteiger partial charge >= 0.3 is 0 Å². The number of aryl methyl sites for hydroxylation is 1. The third-order valence-electron chi connectivity index (χ3n) is 3.44. The quantitative estimate of drug-likeness (QED) is 0.772. The Morgan fingerprint density at radius 1 is 1.24 bits per heavy atom. The Hall–Kier alpha value is -1.10. The predicted octanol–water partition coefficient (Wildman–Crippen LogP) is 2.33. The van der Waals surface area contributed by atoms with Crippen LogP contribution in [0.3, 0.4) is 0 Å². The number of aliphatic hydroxyl groups is 1. The zero-order chi connectivity index (χ0) is 15.9. The topological polar surface area (TPSA) is 44.7 Å². The zero-order valence-electron chi connectivity index (χ0n) is 14.1. The number of methoxy groups -OCH3 is 1. The number of ether oxygens (including phenoxy) is 1. The predicted molar refractivity (Wildman–Crippen MR) is 88.9 cm³/mol. The summed E-state index contributed by atoms with van der Waals surface area (Å²) < 4.78 is 5.14. The van der Waals surface area contributed by atoms with E-state index < -0.39 is 0 Å². The Bertz CT molecular complexity index is 427. The number of hydrogen-bond donors (Lipinski definition) is 2. The Labute approximate surface area is 129 Å². The smallest absolute Gasteiger partial charge is 0.0637 e. The largest absolute Gasteiger partial charge is 0.395 e. The fourth-order valence-electron chi connectivity index (χ4n) is 2.13. The van der Waals surface area contributed by atoms with Crippen LogP contribution in [0.2, 0.25) is 0 Å². The maximum absolute atomic E-state index is 9.20. The van der Waals surface area contributed by atoms with Gasteiger partial charge in [0.2, 0.25) is 0 Å². The molecule has 0 heterocycles. The number of nitrogens with zero attached hydrogens (tertiary/aromatic N) is 1. The van der Waals surface area contributed by atoms with Crippen molar-refractivity contribution in [3.63, 3.8) is 0 Å². The molecule has 0 aliphatic rings. The molecular weight excluding hydrogens is 264 g/mol. The van der Waals surface area contributed by atoms with Crippen LogP contribution in [0.4, 0.5) is 5.69 Å². The molecule has 0 fully saturated rings. The van der Waals surface area contributed by atoms with Gasteiger partial charge in [-0.2, -0.15) is 0 Å². The molecule has 0 unspecified atom stereocenters. The van der Waals surface area contributed by atoms with Crippen LogP contribution < -0.4 is 10.2 Å². The summed E-state index contributed by atoms with van der Waals surface area (Å²) in [6, 6.07) is 6.48. The minimum atomic E-state index is 0.118. The fourth-order valence-corrected chi connectivity index (χ4v) is 2.13. The molecule has 0 saturated carbocycles. The highest BCUT2D eigenvalue weighted by atomic mass is 16.5. The summed E-state index contributed by atoms with van der Waals surface area (Å²) in [5, 5.41) is 12.7. The van der Waals surface area contributed by atoms with Crippen molar-refractivity contribution in [3.8, 4) is 0 Å². The van der Waals surface area contributed by atoms with Gasteiger partial charge in [-0.05, 0) is 51.0 Å². The van der Waals surface area contributed by atoms with Crippen LogP contribution in [-0.2, 0) is 11.3 Å². The fraction of sp³-hybridized carbons (Fsp3) is 0.647. The van der Waals surface area contributed by atoms with Gasteiger partial charge in [-0.15, -0.1) is 0 Å². The van der Waals surface area contributed by atoms with Crippen molar-refractivity contribution in [2.75, 3.05) is 38.3 Å². The number of benzene rings is 1. The Balaban J connectivity index is 2.78. The van der Waals surface area contributed by atoms with Crippen molar-refractivity contribution in [3.05, 3.63) is 29.3 Å². The van der Waals surface area contributed by atoms with E-state index in [2.05, 4.69) is 56.1 Å². The van der Waals surface area contributed by atoms with Gasteiger partial charge in [0, 0.05) is 38.0 Å². The first kappa shape index (κ1) is 18.0. The average Bonchev–Trinajstić information content (AvgIpc) is 2.41. The number of anilines is 1. The molecule has 4 heteroatoms. The van der Waals surface area contributed by atoms with E-state index in [9.17, 15) is 5.11 Å². The van der Waals surface area contributed by atoms with E-state index in [1.807, 2.05) is 0 Å². The van der Waals surface area contributed by atoms with Crippen molar-refractivity contribution in [1.29, 1.82) is 0 Å². The third kappa shape index (κ3) is 6.46. The van der Waals surface area contributed by atoms with Crippen LogP contribution >= 0.6 is 0 Å². The number of aliphatic hydroxyl groups excluding tert-OH is 1. The lowest BCUT2D eigenvalue weighted by Gasteiger charge is -2.25. The molecule has 0 aliphatic carbocycles. The molecule has 0 aliphatic heterocycles. The first-order chi connectivity index (χ1) is 9.87. The standard InChI is InChI=1S/C17H30N2O2/c1-14-12-16(19(8-10-20)9-11-21-5)7-6-15(14)13-18-17(2,3)4/h6-7,12,18,20H,8-11,13H2,1-5H3. The SMILES string of the molecule is COCCN(CCO)c1ccc(CNC(C)(C)C)c(C)c1. The first-order valence-corrected chi connectivity index (χ1v) is 7.56. The lowest BCUT2D eigenvalue weighted by molar-refractivity contribution is 0.203. The van der Waals surface area contributed by atoms with Gasteiger partial charge in [-0.1, -0.05) is 6.07 Å². The zero-order valence-corrected chi connectivity index (χ0v) is 14.1. The molecule has 0 amide bonds. The van der Waals surface area contributed by atoms with Gasteiger partial charge in [0.15, 0.2) is 0 Å². The number of nitrogens with one attached hydrogen (secondary N) is 1. The second-order valence-electron chi connectivity index (χ2n) is 6.42. The number of rotatable bonds is 8. The summed E-state index contributed by atoms with van der Waals surface area (Å²) in [6.45, 7) is 11.7. The highest BCUT2D eigenvalue weighted by Gasteiger charge is 2.11. The van der Waals surface area contributed by atoms with E-state index in [0.29, 0.717) is 13.2 Å². The maximum atomic E-state index is 9.20. The van der Waals surface area contributed by atoms with Crippen LogP contribution in [-0.4, -0.2) is 44.1 Å². The van der Waals surface area contributed by atoms with Crippen molar-refractivity contribution >= 4 is 5.69 Å². The van der Waals surface area contributed by atoms with Crippen LogP contribution in [0.15, 0.2) is 18.2 Å². The molecular formula is C17H30N2O2. The molecule has 0 saturated heterocycles. The summed E-state index contributed by atoms with van der Waals surface area (Å²) >= 11 is 0. The Morgan fingerprint density at radius 2 is 1.95 bits per heavy atom. The second-order valence-corrected chi connectivity index (χ2v) is 6.42. The molecule has 1 aromatic carbocycles. The molecule has 1 aromatic rings. The van der Waals surface area contributed by atoms with E-state index in [0.717, 1.165) is 18.8 Å². The second kappa shape index (κ2) is 8.37. The summed E-state index contributed by atoms with van der Waals surface area (Å²) in [6.07, 6.45) is 0. The molecule has 0 spiro atoms. The van der Waals surface area contributed by atoms with Crippen molar-refractivity contribution in [1.82, 2.24) is 5.32 Å². The highest BCUT2D eigenvalue weighted by molar-refractivity contribution is 5.51.